The summed E-state index contributed by atoms with van der Waals surface area (Å²) >= 11 is 4.91. The molecule has 1 aromatic rings. The van der Waals surface area contributed by atoms with Crippen molar-refractivity contribution in [3.05, 3.63) is 30.3 Å². The summed E-state index contributed by atoms with van der Waals surface area (Å²) in [5.74, 6) is -0.747. The summed E-state index contributed by atoms with van der Waals surface area (Å²) in [6.07, 6.45) is 4.41. The quantitative estimate of drug-likeness (QED) is 0.354. The maximum Gasteiger partial charge on any atom is 0.352 e. The molecule has 0 saturated carbocycles. The van der Waals surface area contributed by atoms with Gasteiger partial charge < -0.3 is 25.4 Å². The van der Waals surface area contributed by atoms with Gasteiger partial charge in [-0.1, -0.05) is 24.6 Å². The van der Waals surface area contributed by atoms with Crippen molar-refractivity contribution in [1.29, 1.82) is 0 Å². The number of thiocarbonyl (C=S) groups is 1. The van der Waals surface area contributed by atoms with Crippen LogP contribution in [0.1, 0.15) is 51.9 Å². The molecular formula is C22H31N3O5S. The summed E-state index contributed by atoms with van der Waals surface area (Å²) in [7, 11) is 0. The summed E-state index contributed by atoms with van der Waals surface area (Å²) in [6, 6.07) is 7.80. The van der Waals surface area contributed by atoms with Gasteiger partial charge in [-0.2, -0.15) is 0 Å². The molecule has 0 radical (unpaired) electrons. The molecule has 3 N–H and O–H groups in total. The summed E-state index contributed by atoms with van der Waals surface area (Å²) in [5.41, 5.74) is 0.663. The van der Waals surface area contributed by atoms with Crippen molar-refractivity contribution >= 4 is 40.9 Å². The molecule has 0 spiro atoms. The number of piperidine rings is 1. The Hall–Kier alpha value is -2.68. The molecule has 1 saturated heterocycles. The summed E-state index contributed by atoms with van der Waals surface area (Å²) in [6.45, 7) is 2.75. The Morgan fingerprint density at radius 2 is 1.97 bits per heavy atom. The monoisotopic (exact) mass is 449 g/mol. The molecule has 1 aliphatic heterocycles. The SMILES string of the molecule is CCOC(=S)OCCCCC[C@H](NC(=O)[C@@H]1CCCC(=O)N1)C(=O)Nc1ccccc1. The molecule has 31 heavy (non-hydrogen) atoms. The van der Waals surface area contributed by atoms with Gasteiger partial charge in [-0.05, 0) is 51.2 Å². The second kappa shape index (κ2) is 13.6. The van der Waals surface area contributed by atoms with E-state index in [1.807, 2.05) is 25.1 Å². The van der Waals surface area contributed by atoms with Crippen molar-refractivity contribution in [1.82, 2.24) is 10.6 Å². The number of carbonyl (C=O) groups excluding carboxylic acids is 3. The lowest BCUT2D eigenvalue weighted by Crippen LogP contribution is -2.53. The van der Waals surface area contributed by atoms with Crippen LogP contribution in [-0.2, 0) is 23.9 Å². The highest BCUT2D eigenvalue weighted by molar-refractivity contribution is 7.79. The third-order valence-corrected chi connectivity index (χ3v) is 5.08. The van der Waals surface area contributed by atoms with E-state index in [1.165, 1.54) is 0 Å². The summed E-state index contributed by atoms with van der Waals surface area (Å²) in [5, 5.41) is 8.49. The van der Waals surface area contributed by atoms with Crippen LogP contribution in [0.15, 0.2) is 30.3 Å². The highest BCUT2D eigenvalue weighted by Crippen LogP contribution is 2.12. The zero-order chi connectivity index (χ0) is 22.5. The molecule has 9 heteroatoms. The number of unbranched alkanes of at least 4 members (excludes halogenated alkanes) is 2. The van der Waals surface area contributed by atoms with Crippen LogP contribution in [0.25, 0.3) is 0 Å². The Morgan fingerprint density at radius 3 is 2.68 bits per heavy atom. The number of benzene rings is 1. The lowest BCUT2D eigenvalue weighted by molar-refractivity contribution is -0.132. The second-order valence-electron chi connectivity index (χ2n) is 7.31. The van der Waals surface area contributed by atoms with Gasteiger partial charge in [-0.25, -0.2) is 0 Å². The fourth-order valence-corrected chi connectivity index (χ4v) is 3.44. The Bertz CT molecular complexity index is 744. The minimum Gasteiger partial charge on any atom is -0.457 e. The van der Waals surface area contributed by atoms with Crippen LogP contribution in [0.5, 0.6) is 0 Å². The van der Waals surface area contributed by atoms with Gasteiger partial charge in [-0.3, -0.25) is 14.4 Å². The van der Waals surface area contributed by atoms with E-state index >= 15 is 0 Å². The van der Waals surface area contributed by atoms with Gasteiger partial charge in [0.2, 0.25) is 17.7 Å². The van der Waals surface area contributed by atoms with E-state index < -0.39 is 12.1 Å². The average molecular weight is 450 g/mol. The minimum absolute atomic E-state index is 0.137. The fourth-order valence-electron chi connectivity index (χ4n) is 3.24. The molecule has 1 aliphatic rings. The maximum absolute atomic E-state index is 12.8. The highest BCUT2D eigenvalue weighted by atomic mass is 32.1. The number of nitrogens with one attached hydrogen (secondary N) is 3. The normalized spacial score (nSPS) is 16.5. The lowest BCUT2D eigenvalue weighted by Gasteiger charge is -2.25. The number of para-hydroxylation sites is 1. The van der Waals surface area contributed by atoms with E-state index in [9.17, 15) is 14.4 Å². The predicted octanol–water partition coefficient (Wildman–Crippen LogP) is 2.68. The van der Waals surface area contributed by atoms with E-state index in [2.05, 4.69) is 16.0 Å². The predicted molar refractivity (Wildman–Crippen MR) is 121 cm³/mol. The Kier molecular flexibility index (Phi) is 10.8. The van der Waals surface area contributed by atoms with Crippen molar-refractivity contribution in [3.63, 3.8) is 0 Å². The van der Waals surface area contributed by atoms with Crippen molar-refractivity contribution in [3.8, 4) is 0 Å². The molecule has 8 nitrogen and oxygen atoms in total. The van der Waals surface area contributed by atoms with Crippen LogP contribution >= 0.6 is 12.2 Å². The number of carbonyl (C=O) groups is 3. The Morgan fingerprint density at radius 1 is 1.19 bits per heavy atom. The molecule has 0 unspecified atom stereocenters. The molecule has 2 atom stereocenters. The lowest BCUT2D eigenvalue weighted by atomic mass is 10.0. The first-order valence-corrected chi connectivity index (χ1v) is 11.2. The zero-order valence-corrected chi connectivity index (χ0v) is 18.7. The van der Waals surface area contributed by atoms with Crippen molar-refractivity contribution in [2.75, 3.05) is 18.5 Å². The highest BCUT2D eigenvalue weighted by Gasteiger charge is 2.28. The maximum atomic E-state index is 12.8. The minimum atomic E-state index is -0.697. The van der Waals surface area contributed by atoms with Gasteiger partial charge in [0.25, 0.3) is 0 Å². The van der Waals surface area contributed by atoms with Gasteiger partial charge in [-0.15, -0.1) is 0 Å². The third-order valence-electron chi connectivity index (χ3n) is 4.84. The number of ether oxygens (including phenoxy) is 2. The van der Waals surface area contributed by atoms with Gasteiger partial charge in [0.15, 0.2) is 0 Å². The van der Waals surface area contributed by atoms with Crippen molar-refractivity contribution < 1.29 is 23.9 Å². The van der Waals surface area contributed by atoms with E-state index in [4.69, 9.17) is 21.7 Å². The van der Waals surface area contributed by atoms with Crippen molar-refractivity contribution in [2.45, 2.75) is 64.0 Å². The van der Waals surface area contributed by atoms with E-state index in [0.29, 0.717) is 44.6 Å². The summed E-state index contributed by atoms with van der Waals surface area (Å²) in [4.78, 5) is 37.0. The fraction of sp³-hybridized carbons (Fsp3) is 0.545. The van der Waals surface area contributed by atoms with Gasteiger partial charge in [0.05, 0.1) is 13.2 Å². The van der Waals surface area contributed by atoms with E-state index in [0.717, 1.165) is 19.3 Å². The largest absolute Gasteiger partial charge is 0.457 e. The molecule has 170 valence electrons. The second-order valence-corrected chi connectivity index (χ2v) is 7.64. The first-order valence-electron chi connectivity index (χ1n) is 10.7. The molecule has 0 aromatic heterocycles. The Labute approximate surface area is 188 Å². The molecule has 0 bridgehead atoms. The van der Waals surface area contributed by atoms with E-state index in [-0.39, 0.29) is 23.0 Å². The van der Waals surface area contributed by atoms with Gasteiger partial charge in [0, 0.05) is 24.3 Å². The molecule has 2 rings (SSSR count). The Balaban J connectivity index is 1.86. The molecule has 0 aliphatic carbocycles. The molecule has 1 fully saturated rings. The number of anilines is 1. The van der Waals surface area contributed by atoms with Crippen LogP contribution < -0.4 is 16.0 Å². The average Bonchev–Trinajstić information content (AvgIpc) is 2.76. The first kappa shape index (κ1) is 24.6. The van der Waals surface area contributed by atoms with Crippen molar-refractivity contribution in [2.24, 2.45) is 0 Å². The van der Waals surface area contributed by atoms with Crippen LogP contribution in [0.4, 0.5) is 5.69 Å². The van der Waals surface area contributed by atoms with Crippen LogP contribution in [0.3, 0.4) is 0 Å². The van der Waals surface area contributed by atoms with Gasteiger partial charge >= 0.3 is 5.24 Å². The number of hydrogen-bond donors (Lipinski definition) is 3. The number of amides is 3. The zero-order valence-electron chi connectivity index (χ0n) is 17.9. The molecule has 1 aromatic carbocycles. The van der Waals surface area contributed by atoms with Crippen LogP contribution in [0.2, 0.25) is 0 Å². The summed E-state index contributed by atoms with van der Waals surface area (Å²) < 4.78 is 10.4. The molecule has 1 heterocycles. The number of hydrogen-bond acceptors (Lipinski definition) is 6. The van der Waals surface area contributed by atoms with Crippen LogP contribution in [0, 0.1) is 0 Å². The van der Waals surface area contributed by atoms with E-state index in [1.54, 1.807) is 12.1 Å². The molecular weight excluding hydrogens is 418 g/mol. The third kappa shape index (κ3) is 9.33. The number of rotatable bonds is 11. The smallest absolute Gasteiger partial charge is 0.352 e. The first-order chi connectivity index (χ1) is 15.0. The van der Waals surface area contributed by atoms with Gasteiger partial charge in [0.1, 0.15) is 12.1 Å². The topological polar surface area (TPSA) is 106 Å². The van der Waals surface area contributed by atoms with Crippen LogP contribution in [-0.4, -0.2) is 48.3 Å². The molecule has 3 amide bonds. The standard InChI is InChI=1S/C22H31N3O5S/c1-2-29-22(31)30-15-8-4-7-12-18(20(27)23-16-10-5-3-6-11-16)25-21(28)17-13-9-14-19(26)24-17/h3,5-6,10-11,17-18H,2,4,7-9,12-15H2,1H3,(H,23,27)(H,24,26)(H,25,28)/t17-,18-/m0/s1.